The molecule has 1 aliphatic heterocycles. The minimum absolute atomic E-state index is 0.0493. The maximum absolute atomic E-state index is 12.8. The minimum Gasteiger partial charge on any atom is -0.481 e. The molecular weight excluding hydrogens is 277 g/mol. The first-order valence-electron chi connectivity index (χ1n) is 5.41. The molecule has 6 nitrogen and oxygen atoms in total. The number of amides is 2. The first-order chi connectivity index (χ1) is 8.86. The van der Waals surface area contributed by atoms with Gasteiger partial charge >= 0.3 is 10.2 Å². The summed E-state index contributed by atoms with van der Waals surface area (Å²) in [7, 11) is -4.82. The van der Waals surface area contributed by atoms with Crippen molar-refractivity contribution in [1.29, 1.82) is 0 Å². The van der Waals surface area contributed by atoms with Crippen LogP contribution in [0, 0.1) is 0 Å². The predicted molar refractivity (Wildman–Crippen MR) is 61.5 cm³/mol. The Hall–Kier alpha value is -1.96. The fourth-order valence-corrected chi connectivity index (χ4v) is 2.15. The van der Waals surface area contributed by atoms with Gasteiger partial charge in [0.2, 0.25) is 5.91 Å². The molecule has 1 heterocycles. The van der Waals surface area contributed by atoms with Crippen LogP contribution in [0.15, 0.2) is 29.2 Å². The van der Waals surface area contributed by atoms with Crippen molar-refractivity contribution in [2.75, 3.05) is 0 Å². The van der Waals surface area contributed by atoms with Gasteiger partial charge in [0.1, 0.15) is 10.6 Å². The number of ether oxygens (including phenoxy) is 1. The third kappa shape index (κ3) is 3.28. The molecule has 0 spiro atoms. The summed E-state index contributed by atoms with van der Waals surface area (Å²) in [6.07, 6.45) is -0.565. The third-order valence-electron chi connectivity index (χ3n) is 2.55. The van der Waals surface area contributed by atoms with Gasteiger partial charge in [-0.25, -0.2) is 0 Å². The zero-order valence-corrected chi connectivity index (χ0v) is 10.4. The van der Waals surface area contributed by atoms with E-state index in [1.54, 1.807) is 0 Å². The Morgan fingerprint density at radius 1 is 1.32 bits per heavy atom. The number of imide groups is 1. The molecule has 0 aromatic heterocycles. The molecule has 2 rings (SSSR count). The van der Waals surface area contributed by atoms with E-state index in [0.717, 1.165) is 12.1 Å². The summed E-state index contributed by atoms with van der Waals surface area (Å²) in [5, 5.41) is 2.10. The van der Waals surface area contributed by atoms with Crippen molar-refractivity contribution >= 4 is 22.0 Å². The summed E-state index contributed by atoms with van der Waals surface area (Å²) in [5.74, 6) is -0.928. The number of hydrogen-bond donors (Lipinski definition) is 1. The Labute approximate surface area is 108 Å². The van der Waals surface area contributed by atoms with Crippen molar-refractivity contribution in [2.24, 2.45) is 0 Å². The van der Waals surface area contributed by atoms with Crippen molar-refractivity contribution in [3.05, 3.63) is 24.3 Å². The highest BCUT2D eigenvalue weighted by Gasteiger charge is 2.28. The number of rotatable bonds is 3. The summed E-state index contributed by atoms with van der Waals surface area (Å²) in [6.45, 7) is 0. The molecule has 2 amide bonds. The molecule has 1 aromatic carbocycles. The van der Waals surface area contributed by atoms with E-state index in [-0.39, 0.29) is 24.5 Å². The Kier molecular flexibility index (Phi) is 3.52. The fraction of sp³-hybridized carbons (Fsp3) is 0.273. The molecule has 1 aromatic rings. The van der Waals surface area contributed by atoms with Crippen molar-refractivity contribution in [3.8, 4) is 5.75 Å². The van der Waals surface area contributed by atoms with Crippen LogP contribution < -0.4 is 10.1 Å². The van der Waals surface area contributed by atoms with E-state index in [0.29, 0.717) is 0 Å². The molecule has 0 radical (unpaired) electrons. The SMILES string of the molecule is O=C1CCC(Oc2cccc(S(=O)(=O)F)c2)C(=O)N1. The van der Waals surface area contributed by atoms with Gasteiger partial charge in [0.05, 0.1) is 0 Å². The van der Waals surface area contributed by atoms with Crippen LogP contribution >= 0.6 is 0 Å². The van der Waals surface area contributed by atoms with E-state index in [4.69, 9.17) is 4.74 Å². The lowest BCUT2D eigenvalue weighted by molar-refractivity contribution is -0.138. The summed E-state index contributed by atoms with van der Waals surface area (Å²) >= 11 is 0. The average Bonchev–Trinajstić information content (AvgIpc) is 2.32. The smallest absolute Gasteiger partial charge is 0.332 e. The highest BCUT2D eigenvalue weighted by molar-refractivity contribution is 7.86. The standard InChI is InChI=1S/C11H10FNO5S/c12-19(16,17)8-3-1-2-7(6-8)18-9-4-5-10(14)13-11(9)15/h1-3,6,9H,4-5H2,(H,13,14,15). The first-order valence-corrected chi connectivity index (χ1v) is 6.80. The molecule has 8 heteroatoms. The monoisotopic (exact) mass is 287 g/mol. The van der Waals surface area contributed by atoms with E-state index in [9.17, 15) is 21.9 Å². The Balaban J connectivity index is 2.16. The summed E-state index contributed by atoms with van der Waals surface area (Å²) in [4.78, 5) is 21.8. The van der Waals surface area contributed by atoms with Crippen LogP contribution in [0.25, 0.3) is 0 Å². The quantitative estimate of drug-likeness (QED) is 0.647. The maximum atomic E-state index is 12.8. The third-order valence-corrected chi connectivity index (χ3v) is 3.37. The lowest BCUT2D eigenvalue weighted by Gasteiger charge is -2.21. The number of benzene rings is 1. The summed E-state index contributed by atoms with van der Waals surface area (Å²) in [5.41, 5.74) is 0. The van der Waals surface area contributed by atoms with Gasteiger partial charge in [-0.15, -0.1) is 3.89 Å². The van der Waals surface area contributed by atoms with Gasteiger partial charge in [0.25, 0.3) is 5.91 Å². The second-order valence-corrected chi connectivity index (χ2v) is 5.32. The van der Waals surface area contributed by atoms with Crippen LogP contribution in [0.3, 0.4) is 0 Å². The van der Waals surface area contributed by atoms with Crippen molar-refractivity contribution in [2.45, 2.75) is 23.8 Å². The Morgan fingerprint density at radius 2 is 2.05 bits per heavy atom. The molecule has 102 valence electrons. The van der Waals surface area contributed by atoms with Crippen molar-refractivity contribution in [1.82, 2.24) is 5.32 Å². The van der Waals surface area contributed by atoms with Crippen LogP contribution in [0.2, 0.25) is 0 Å². The van der Waals surface area contributed by atoms with Gasteiger partial charge in [0, 0.05) is 18.9 Å². The first kappa shape index (κ1) is 13.5. The van der Waals surface area contributed by atoms with Gasteiger partial charge in [-0.1, -0.05) is 6.07 Å². The Morgan fingerprint density at radius 3 is 2.68 bits per heavy atom. The van der Waals surface area contributed by atoms with Gasteiger partial charge in [-0.2, -0.15) is 8.42 Å². The van der Waals surface area contributed by atoms with Crippen LogP contribution in [-0.4, -0.2) is 26.3 Å². The number of hydrogen-bond acceptors (Lipinski definition) is 5. The highest BCUT2D eigenvalue weighted by atomic mass is 32.3. The molecule has 1 fully saturated rings. The van der Waals surface area contributed by atoms with Crippen LogP contribution in [0.4, 0.5) is 3.89 Å². The predicted octanol–water partition coefficient (Wildman–Crippen LogP) is 0.529. The molecular formula is C11H10FNO5S. The maximum Gasteiger partial charge on any atom is 0.332 e. The molecule has 1 unspecified atom stereocenters. The number of carbonyl (C=O) groups is 2. The van der Waals surface area contributed by atoms with Gasteiger partial charge in [-0.3, -0.25) is 14.9 Å². The summed E-state index contributed by atoms with van der Waals surface area (Å²) < 4.78 is 39.5. The zero-order valence-electron chi connectivity index (χ0n) is 9.63. The normalized spacial score (nSPS) is 19.9. The zero-order chi connectivity index (χ0) is 14.0. The van der Waals surface area contributed by atoms with Crippen LogP contribution in [0.5, 0.6) is 5.75 Å². The molecule has 19 heavy (non-hydrogen) atoms. The largest absolute Gasteiger partial charge is 0.481 e. The number of halogens is 1. The lowest BCUT2D eigenvalue weighted by atomic mass is 10.1. The van der Waals surface area contributed by atoms with Crippen molar-refractivity contribution < 1.29 is 26.6 Å². The van der Waals surface area contributed by atoms with Crippen LogP contribution in [0.1, 0.15) is 12.8 Å². The molecule has 0 bridgehead atoms. The van der Waals surface area contributed by atoms with Gasteiger partial charge in [-0.05, 0) is 12.1 Å². The van der Waals surface area contributed by atoms with E-state index >= 15 is 0 Å². The fourth-order valence-electron chi connectivity index (χ4n) is 1.65. The van der Waals surface area contributed by atoms with E-state index in [1.807, 2.05) is 0 Å². The van der Waals surface area contributed by atoms with Crippen molar-refractivity contribution in [3.63, 3.8) is 0 Å². The second-order valence-electron chi connectivity index (χ2n) is 3.97. The van der Waals surface area contributed by atoms with E-state index in [1.165, 1.54) is 12.1 Å². The molecule has 1 aliphatic rings. The minimum atomic E-state index is -4.82. The summed E-state index contributed by atoms with van der Waals surface area (Å²) in [6, 6.07) is 4.76. The Bertz CT molecular complexity index is 628. The lowest BCUT2D eigenvalue weighted by Crippen LogP contribution is -2.46. The van der Waals surface area contributed by atoms with E-state index < -0.39 is 27.1 Å². The topological polar surface area (TPSA) is 89.5 Å². The number of piperidine rings is 1. The molecule has 0 aliphatic carbocycles. The number of carbonyl (C=O) groups excluding carboxylic acids is 2. The number of nitrogens with one attached hydrogen (secondary N) is 1. The molecule has 1 atom stereocenters. The second kappa shape index (κ2) is 4.96. The molecule has 1 N–H and O–H groups in total. The van der Waals surface area contributed by atoms with E-state index in [2.05, 4.69) is 5.32 Å². The molecule has 0 saturated carbocycles. The average molecular weight is 287 g/mol. The highest BCUT2D eigenvalue weighted by Crippen LogP contribution is 2.21. The van der Waals surface area contributed by atoms with Gasteiger partial charge < -0.3 is 4.74 Å². The molecule has 1 saturated heterocycles. The van der Waals surface area contributed by atoms with Gasteiger partial charge in [0.15, 0.2) is 6.10 Å². The van der Waals surface area contributed by atoms with Crippen LogP contribution in [-0.2, 0) is 19.8 Å².